The molecule has 0 radical (unpaired) electrons. The summed E-state index contributed by atoms with van der Waals surface area (Å²) in [5.41, 5.74) is 2.74. The first-order chi connectivity index (χ1) is 11.5. The van der Waals surface area contributed by atoms with E-state index in [1.54, 1.807) is 11.8 Å². The fraction of sp³-hybridized carbons (Fsp3) is 0.471. The molecule has 24 heavy (non-hydrogen) atoms. The number of anilines is 1. The largest absolute Gasteiger partial charge is 0.467 e. The normalized spacial score (nSPS) is 14.5. The number of amides is 1. The molecular weight excluding hydrogens is 326 g/mol. The number of thioether (sulfide) groups is 1. The molecule has 1 aromatic carbocycles. The second-order valence-electron chi connectivity index (χ2n) is 5.62. The lowest BCUT2D eigenvalue weighted by Crippen LogP contribution is -2.47. The quantitative estimate of drug-likeness (QED) is 0.763. The summed E-state index contributed by atoms with van der Waals surface area (Å²) in [5, 5.41) is 2.79. The van der Waals surface area contributed by atoms with E-state index in [1.807, 2.05) is 42.3 Å². The van der Waals surface area contributed by atoms with Gasteiger partial charge in [-0.3, -0.25) is 9.79 Å². The molecule has 1 atom stereocenters. The summed E-state index contributed by atoms with van der Waals surface area (Å²) in [7, 11) is 1.33. The van der Waals surface area contributed by atoms with Crippen molar-refractivity contribution >= 4 is 40.7 Å². The van der Waals surface area contributed by atoms with Crippen molar-refractivity contribution in [3.05, 3.63) is 24.3 Å². The lowest BCUT2D eigenvalue weighted by molar-refractivity contribution is -0.145. The molecule has 0 spiro atoms. The van der Waals surface area contributed by atoms with Crippen LogP contribution in [0.5, 0.6) is 0 Å². The number of hydrogen-bond acceptors (Lipinski definition) is 6. The highest BCUT2D eigenvalue weighted by Crippen LogP contribution is 2.31. The van der Waals surface area contributed by atoms with Crippen molar-refractivity contribution in [2.45, 2.75) is 19.4 Å². The van der Waals surface area contributed by atoms with Crippen molar-refractivity contribution in [2.24, 2.45) is 4.99 Å². The minimum absolute atomic E-state index is 0.177. The van der Waals surface area contributed by atoms with Gasteiger partial charge in [0.15, 0.2) is 0 Å². The van der Waals surface area contributed by atoms with Gasteiger partial charge in [0.25, 0.3) is 0 Å². The first-order valence-electron chi connectivity index (χ1n) is 7.79. The predicted molar refractivity (Wildman–Crippen MR) is 98.4 cm³/mol. The fourth-order valence-electron chi connectivity index (χ4n) is 2.61. The number of fused-ring (bicyclic) bond motifs is 1. The van der Waals surface area contributed by atoms with Crippen LogP contribution < -0.4 is 10.2 Å². The minimum Gasteiger partial charge on any atom is -0.467 e. The number of benzene rings is 1. The number of carbonyl (C=O) groups is 2. The number of para-hydroxylation sites is 2. The Bertz CT molecular complexity index is 633. The van der Waals surface area contributed by atoms with Gasteiger partial charge < -0.3 is 15.0 Å². The van der Waals surface area contributed by atoms with Crippen molar-refractivity contribution in [1.82, 2.24) is 5.32 Å². The van der Waals surface area contributed by atoms with Crippen molar-refractivity contribution in [3.8, 4) is 0 Å². The van der Waals surface area contributed by atoms with Crippen LogP contribution in [0.4, 0.5) is 11.4 Å². The van der Waals surface area contributed by atoms with Crippen molar-refractivity contribution in [3.63, 3.8) is 0 Å². The molecule has 0 saturated carbocycles. The minimum atomic E-state index is -0.607. The summed E-state index contributed by atoms with van der Waals surface area (Å²) in [6.07, 6.45) is 2.51. The molecule has 0 bridgehead atoms. The zero-order valence-corrected chi connectivity index (χ0v) is 15.1. The standard InChI is InChI=1S/C17H23N3O3S/c1-12-10-20(15-7-5-4-6-13(15)18-12)11-16(21)19-14(8-9-24-3)17(22)23-2/h4-7,14H,8-11H2,1-3H3,(H,19,21)/t14-/m0/s1. The van der Waals surface area contributed by atoms with Crippen LogP contribution in [-0.2, 0) is 14.3 Å². The lowest BCUT2D eigenvalue weighted by Gasteiger charge is -2.29. The number of carbonyl (C=O) groups excluding carboxylic acids is 2. The Labute approximate surface area is 146 Å². The number of ether oxygens (including phenoxy) is 1. The SMILES string of the molecule is COC(=O)[C@H](CCSC)NC(=O)CN1CC(C)=Nc2ccccc21. The topological polar surface area (TPSA) is 71.0 Å². The molecular formula is C17H23N3O3S. The van der Waals surface area contributed by atoms with Crippen LogP contribution >= 0.6 is 11.8 Å². The van der Waals surface area contributed by atoms with Gasteiger partial charge in [0.1, 0.15) is 6.04 Å². The zero-order valence-electron chi connectivity index (χ0n) is 14.2. The van der Waals surface area contributed by atoms with Crippen molar-refractivity contribution in [1.29, 1.82) is 0 Å². The summed E-state index contributed by atoms with van der Waals surface area (Å²) in [6, 6.07) is 7.12. The average molecular weight is 349 g/mol. The van der Waals surface area contributed by atoms with E-state index in [0.29, 0.717) is 13.0 Å². The number of rotatable bonds is 7. The Morgan fingerprint density at radius 1 is 1.42 bits per heavy atom. The number of aliphatic imine (C=N–C) groups is 1. The molecule has 1 N–H and O–H groups in total. The van der Waals surface area contributed by atoms with Gasteiger partial charge in [-0.25, -0.2) is 4.79 Å². The van der Waals surface area contributed by atoms with Crippen LogP contribution in [0.15, 0.2) is 29.3 Å². The molecule has 1 aliphatic rings. The second kappa shape index (κ2) is 8.73. The molecule has 0 unspecified atom stereocenters. The molecule has 1 amide bonds. The Balaban J connectivity index is 2.03. The molecule has 1 heterocycles. The maximum Gasteiger partial charge on any atom is 0.328 e. The van der Waals surface area contributed by atoms with Gasteiger partial charge in [0.2, 0.25) is 5.91 Å². The highest BCUT2D eigenvalue weighted by Gasteiger charge is 2.24. The highest BCUT2D eigenvalue weighted by molar-refractivity contribution is 7.98. The molecule has 1 aromatic rings. The lowest BCUT2D eigenvalue weighted by atomic mass is 10.1. The second-order valence-corrected chi connectivity index (χ2v) is 6.60. The van der Waals surface area contributed by atoms with Gasteiger partial charge >= 0.3 is 5.97 Å². The van der Waals surface area contributed by atoms with E-state index >= 15 is 0 Å². The van der Waals surface area contributed by atoms with Crippen molar-refractivity contribution in [2.75, 3.05) is 37.1 Å². The molecule has 0 aliphatic carbocycles. The number of nitrogens with one attached hydrogen (secondary N) is 1. The van der Waals surface area contributed by atoms with E-state index in [9.17, 15) is 9.59 Å². The zero-order chi connectivity index (χ0) is 17.5. The van der Waals surface area contributed by atoms with Gasteiger partial charge in [-0.2, -0.15) is 11.8 Å². The number of esters is 1. The molecule has 2 rings (SSSR count). The predicted octanol–water partition coefficient (Wildman–Crippen LogP) is 2.01. The smallest absolute Gasteiger partial charge is 0.328 e. The highest BCUT2D eigenvalue weighted by atomic mass is 32.2. The van der Waals surface area contributed by atoms with Gasteiger partial charge in [-0.1, -0.05) is 12.1 Å². The van der Waals surface area contributed by atoms with Crippen LogP contribution in [0.1, 0.15) is 13.3 Å². The van der Waals surface area contributed by atoms with E-state index in [4.69, 9.17) is 4.74 Å². The van der Waals surface area contributed by atoms with E-state index < -0.39 is 12.0 Å². The van der Waals surface area contributed by atoms with Gasteiger partial charge in [0.05, 0.1) is 31.6 Å². The fourth-order valence-corrected chi connectivity index (χ4v) is 3.08. The summed E-state index contributed by atoms with van der Waals surface area (Å²) in [5.74, 6) is 0.170. The molecule has 0 saturated heterocycles. The van der Waals surface area contributed by atoms with Crippen LogP contribution in [-0.4, -0.2) is 55.8 Å². The Kier molecular flexibility index (Phi) is 6.66. The summed E-state index contributed by atoms with van der Waals surface area (Å²) >= 11 is 1.63. The van der Waals surface area contributed by atoms with Crippen LogP contribution in [0.25, 0.3) is 0 Å². The van der Waals surface area contributed by atoms with E-state index in [1.165, 1.54) is 7.11 Å². The molecule has 1 aliphatic heterocycles. The summed E-state index contributed by atoms with van der Waals surface area (Å²) < 4.78 is 4.78. The van der Waals surface area contributed by atoms with Gasteiger partial charge in [0, 0.05) is 5.71 Å². The van der Waals surface area contributed by atoms with Gasteiger partial charge in [-0.05, 0) is 37.5 Å². The van der Waals surface area contributed by atoms with E-state index in [0.717, 1.165) is 22.8 Å². The maximum atomic E-state index is 12.4. The molecule has 6 nitrogen and oxygen atoms in total. The third kappa shape index (κ3) is 4.74. The number of methoxy groups -OCH3 is 1. The molecule has 7 heteroatoms. The van der Waals surface area contributed by atoms with Crippen LogP contribution in [0.3, 0.4) is 0 Å². The molecule has 0 fully saturated rings. The van der Waals surface area contributed by atoms with E-state index in [2.05, 4.69) is 10.3 Å². The Morgan fingerprint density at radius 3 is 2.88 bits per heavy atom. The van der Waals surface area contributed by atoms with E-state index in [-0.39, 0.29) is 12.5 Å². The third-order valence-electron chi connectivity index (χ3n) is 3.72. The van der Waals surface area contributed by atoms with Crippen LogP contribution in [0.2, 0.25) is 0 Å². The summed E-state index contributed by atoms with van der Waals surface area (Å²) in [6.45, 7) is 2.71. The monoisotopic (exact) mass is 349 g/mol. The first kappa shape index (κ1) is 18.3. The average Bonchev–Trinajstić information content (AvgIpc) is 2.57. The van der Waals surface area contributed by atoms with Gasteiger partial charge in [-0.15, -0.1) is 0 Å². The van der Waals surface area contributed by atoms with Crippen molar-refractivity contribution < 1.29 is 14.3 Å². The maximum absolute atomic E-state index is 12.4. The third-order valence-corrected chi connectivity index (χ3v) is 4.36. The van der Waals surface area contributed by atoms with Crippen LogP contribution in [0, 0.1) is 0 Å². The Hall–Kier alpha value is -2.02. The number of nitrogens with zero attached hydrogens (tertiary/aromatic N) is 2. The summed E-state index contributed by atoms with van der Waals surface area (Å²) in [4.78, 5) is 30.7. The Morgan fingerprint density at radius 2 is 2.17 bits per heavy atom. The molecule has 0 aromatic heterocycles. The number of hydrogen-bond donors (Lipinski definition) is 1. The first-order valence-corrected chi connectivity index (χ1v) is 9.18. The molecule has 130 valence electrons.